The Kier molecular flexibility index (Phi) is 7.34. The minimum Gasteiger partial charge on any atom is -0.493 e. The summed E-state index contributed by atoms with van der Waals surface area (Å²) in [6, 6.07) is 12.5. The Morgan fingerprint density at radius 2 is 1.88 bits per heavy atom. The molecule has 3 N–H and O–H groups in total. The van der Waals surface area contributed by atoms with Crippen molar-refractivity contribution in [2.45, 2.75) is 51.9 Å². The number of nitrogens with zero attached hydrogens (tertiary/aromatic N) is 2. The van der Waals surface area contributed by atoms with E-state index in [4.69, 9.17) is 14.2 Å². The minimum absolute atomic E-state index is 0.166. The molecule has 2 fully saturated rings. The first-order chi connectivity index (χ1) is 19.4. The SMILES string of the molecule is Cc1n[nH]c(C)c1CN1C[C@@H]2NC(=O)c3cc(cc(OCC4CC4)c3)OCC(=O)NCc3ccc(cc3)O[C@H]2C1. The normalized spacial score (nSPS) is 21.6. The van der Waals surface area contributed by atoms with Crippen molar-refractivity contribution in [2.75, 3.05) is 26.3 Å². The van der Waals surface area contributed by atoms with Gasteiger partial charge >= 0.3 is 0 Å². The molecule has 0 spiro atoms. The Bertz CT molecular complexity index is 1360. The van der Waals surface area contributed by atoms with E-state index in [1.807, 2.05) is 38.1 Å². The van der Waals surface area contributed by atoms with Gasteiger partial charge in [-0.05, 0) is 62.4 Å². The van der Waals surface area contributed by atoms with Crippen LogP contribution in [0.1, 0.15) is 45.7 Å². The van der Waals surface area contributed by atoms with Crippen molar-refractivity contribution in [3.63, 3.8) is 0 Å². The van der Waals surface area contributed by atoms with Gasteiger partial charge in [0.1, 0.15) is 23.4 Å². The molecule has 1 saturated carbocycles. The second kappa shape index (κ2) is 11.2. The molecule has 1 saturated heterocycles. The first kappa shape index (κ1) is 26.2. The summed E-state index contributed by atoms with van der Waals surface area (Å²) in [7, 11) is 0. The van der Waals surface area contributed by atoms with Gasteiger partial charge in [-0.15, -0.1) is 0 Å². The van der Waals surface area contributed by atoms with E-state index in [1.54, 1.807) is 18.2 Å². The van der Waals surface area contributed by atoms with Gasteiger partial charge in [0.15, 0.2) is 6.61 Å². The number of ether oxygens (including phenoxy) is 3. The summed E-state index contributed by atoms with van der Waals surface area (Å²) in [6.45, 7) is 6.81. The number of hydrogen-bond donors (Lipinski definition) is 3. The van der Waals surface area contributed by atoms with Gasteiger partial charge in [0.05, 0.1) is 18.3 Å². The fourth-order valence-electron chi connectivity index (χ4n) is 5.15. The average molecular weight is 546 g/mol. The number of likely N-dealkylation sites (tertiary alicyclic amines) is 1. The molecule has 1 aromatic heterocycles. The van der Waals surface area contributed by atoms with Gasteiger partial charge in [-0.1, -0.05) is 12.1 Å². The van der Waals surface area contributed by atoms with Gasteiger partial charge < -0.3 is 24.8 Å². The summed E-state index contributed by atoms with van der Waals surface area (Å²) in [6.07, 6.45) is 2.05. The Morgan fingerprint density at radius 1 is 1.05 bits per heavy atom. The molecule has 40 heavy (non-hydrogen) atoms. The predicted octanol–water partition coefficient (Wildman–Crippen LogP) is 2.89. The van der Waals surface area contributed by atoms with Crippen molar-refractivity contribution >= 4 is 11.8 Å². The Hall–Kier alpha value is -4.05. The van der Waals surface area contributed by atoms with Crippen molar-refractivity contribution in [1.82, 2.24) is 25.7 Å². The van der Waals surface area contributed by atoms with Gasteiger partial charge in [-0.3, -0.25) is 19.6 Å². The number of carbonyl (C=O) groups excluding carboxylic acids is 2. The quantitative estimate of drug-likeness (QED) is 0.451. The Morgan fingerprint density at radius 3 is 2.62 bits per heavy atom. The summed E-state index contributed by atoms with van der Waals surface area (Å²) < 4.78 is 18.2. The molecule has 10 heteroatoms. The van der Waals surface area contributed by atoms with Crippen LogP contribution in [-0.2, 0) is 17.9 Å². The molecular formula is C30H35N5O5. The molecule has 10 nitrogen and oxygen atoms in total. The van der Waals surface area contributed by atoms with E-state index in [2.05, 4.69) is 25.7 Å². The molecule has 7 rings (SSSR count). The van der Waals surface area contributed by atoms with Crippen LogP contribution in [0.4, 0.5) is 0 Å². The number of aromatic nitrogens is 2. The number of fused-ring (bicyclic) bond motifs is 7. The number of rotatable bonds is 5. The van der Waals surface area contributed by atoms with Crippen molar-refractivity contribution < 1.29 is 23.8 Å². The number of carbonyl (C=O) groups is 2. The minimum atomic E-state index is -0.261. The molecule has 2 atom stereocenters. The maximum absolute atomic E-state index is 13.6. The van der Waals surface area contributed by atoms with Gasteiger partial charge in [-0.25, -0.2) is 0 Å². The highest BCUT2D eigenvalue weighted by Crippen LogP contribution is 2.31. The van der Waals surface area contributed by atoms with E-state index >= 15 is 0 Å². The van der Waals surface area contributed by atoms with Crippen molar-refractivity contribution in [1.29, 1.82) is 0 Å². The predicted molar refractivity (Wildman–Crippen MR) is 147 cm³/mol. The zero-order valence-electron chi connectivity index (χ0n) is 22.9. The summed E-state index contributed by atoms with van der Waals surface area (Å²) in [5, 5.41) is 13.5. The van der Waals surface area contributed by atoms with E-state index in [-0.39, 0.29) is 30.6 Å². The second-order valence-electron chi connectivity index (χ2n) is 11.0. The molecule has 0 unspecified atom stereocenters. The fourth-order valence-corrected chi connectivity index (χ4v) is 5.15. The number of benzene rings is 2. The van der Waals surface area contributed by atoms with E-state index < -0.39 is 0 Å². The zero-order chi connectivity index (χ0) is 27.6. The van der Waals surface area contributed by atoms with E-state index in [0.717, 1.165) is 35.4 Å². The monoisotopic (exact) mass is 545 g/mol. The highest BCUT2D eigenvalue weighted by Gasteiger charge is 2.36. The van der Waals surface area contributed by atoms with Crippen LogP contribution in [0.3, 0.4) is 0 Å². The van der Waals surface area contributed by atoms with Gasteiger partial charge in [0, 0.05) is 49.1 Å². The zero-order valence-corrected chi connectivity index (χ0v) is 22.9. The highest BCUT2D eigenvalue weighted by atomic mass is 16.5. The van der Waals surface area contributed by atoms with Crippen LogP contribution >= 0.6 is 0 Å². The smallest absolute Gasteiger partial charge is 0.258 e. The molecule has 4 aliphatic rings. The fraction of sp³-hybridized carbons (Fsp3) is 0.433. The Balaban J connectivity index is 1.27. The van der Waals surface area contributed by atoms with Crippen LogP contribution < -0.4 is 24.8 Å². The maximum Gasteiger partial charge on any atom is 0.258 e. The van der Waals surface area contributed by atoms with Crippen LogP contribution in [0.2, 0.25) is 0 Å². The largest absolute Gasteiger partial charge is 0.493 e. The summed E-state index contributed by atoms with van der Waals surface area (Å²) >= 11 is 0. The highest BCUT2D eigenvalue weighted by molar-refractivity contribution is 5.95. The maximum atomic E-state index is 13.6. The molecule has 4 heterocycles. The number of nitrogens with one attached hydrogen (secondary N) is 3. The molecule has 1 aliphatic carbocycles. The summed E-state index contributed by atoms with van der Waals surface area (Å²) in [5.74, 6) is 1.73. The van der Waals surface area contributed by atoms with E-state index in [9.17, 15) is 9.59 Å². The molecule has 2 aromatic carbocycles. The lowest BCUT2D eigenvalue weighted by molar-refractivity contribution is -0.123. The number of aromatic amines is 1. The lowest BCUT2D eigenvalue weighted by Gasteiger charge is -2.22. The second-order valence-corrected chi connectivity index (χ2v) is 11.0. The molecule has 3 aromatic rings. The third kappa shape index (κ3) is 6.22. The summed E-state index contributed by atoms with van der Waals surface area (Å²) in [4.78, 5) is 28.3. The topological polar surface area (TPSA) is 118 Å². The molecule has 4 bridgehead atoms. The van der Waals surface area contributed by atoms with Crippen molar-refractivity contribution in [2.24, 2.45) is 5.92 Å². The van der Waals surface area contributed by atoms with Crippen LogP contribution in [0.15, 0.2) is 42.5 Å². The van der Waals surface area contributed by atoms with Crippen LogP contribution in [0.5, 0.6) is 17.2 Å². The van der Waals surface area contributed by atoms with Gasteiger partial charge in [0.2, 0.25) is 0 Å². The van der Waals surface area contributed by atoms with Crippen LogP contribution in [0.25, 0.3) is 0 Å². The first-order valence-electron chi connectivity index (χ1n) is 13.9. The molecule has 2 amide bonds. The van der Waals surface area contributed by atoms with Crippen molar-refractivity contribution in [3.05, 3.63) is 70.5 Å². The standard InChI is InChI=1S/C30H35N5O5/c1-18-26(19(2)34-33-18)13-35-14-27-28(15-35)40-23-7-5-20(6-8-23)12-31-29(36)17-39-25-10-22(30(37)32-27)9-24(11-25)38-16-21-3-4-21/h5-11,21,27-28H,3-4,12-17H2,1-2H3,(H,31,36)(H,32,37)(H,33,34)/t27-,28-/m0/s1. The van der Waals surface area contributed by atoms with Gasteiger partial charge in [0.25, 0.3) is 11.8 Å². The average Bonchev–Trinajstić information content (AvgIpc) is 3.64. The van der Waals surface area contributed by atoms with Gasteiger partial charge in [-0.2, -0.15) is 5.10 Å². The number of amides is 2. The van der Waals surface area contributed by atoms with E-state index in [0.29, 0.717) is 61.5 Å². The third-order valence-electron chi connectivity index (χ3n) is 7.72. The summed E-state index contributed by atoms with van der Waals surface area (Å²) in [5.41, 5.74) is 4.54. The van der Waals surface area contributed by atoms with E-state index in [1.165, 1.54) is 0 Å². The molecule has 0 radical (unpaired) electrons. The number of hydrogen-bond acceptors (Lipinski definition) is 7. The number of H-pyrrole nitrogens is 1. The molecule has 3 aliphatic heterocycles. The van der Waals surface area contributed by atoms with Crippen LogP contribution in [0, 0.1) is 19.8 Å². The molecule has 210 valence electrons. The lowest BCUT2D eigenvalue weighted by atomic mass is 10.1. The first-order valence-corrected chi connectivity index (χ1v) is 13.9. The van der Waals surface area contributed by atoms with Crippen LogP contribution in [-0.4, -0.2) is 65.4 Å². The lowest BCUT2D eigenvalue weighted by Crippen LogP contribution is -2.45. The Labute approximate surface area is 233 Å². The van der Waals surface area contributed by atoms with Crippen molar-refractivity contribution in [3.8, 4) is 17.2 Å². The third-order valence-corrected chi connectivity index (χ3v) is 7.72. The number of aryl methyl sites for hydroxylation is 2. The molecular weight excluding hydrogens is 510 g/mol.